The van der Waals surface area contributed by atoms with Crippen LogP contribution in [0, 0.1) is 5.41 Å². The second-order valence-corrected chi connectivity index (χ2v) is 6.86. The van der Waals surface area contributed by atoms with E-state index in [9.17, 15) is 4.79 Å². The molecule has 1 atom stereocenters. The number of nitrogens with one attached hydrogen (secondary N) is 1. The molecule has 1 amide bonds. The van der Waals surface area contributed by atoms with E-state index >= 15 is 0 Å². The Morgan fingerprint density at radius 3 is 2.94 bits per heavy atom. The first-order valence-corrected chi connectivity index (χ1v) is 7.94. The third-order valence-corrected chi connectivity index (χ3v) is 5.42. The van der Waals surface area contributed by atoms with E-state index in [2.05, 4.69) is 39.6 Å². The second-order valence-electron chi connectivity index (χ2n) is 4.95. The maximum Gasteiger partial charge on any atom is 0.230 e. The minimum atomic E-state index is -0.177. The summed E-state index contributed by atoms with van der Waals surface area (Å²) in [5.74, 6) is 0.277. The Hall–Kier alpha value is -0.390. The highest BCUT2D eigenvalue weighted by Gasteiger charge is 2.41. The molecule has 5 heteroatoms. The number of amides is 1. The van der Waals surface area contributed by atoms with Gasteiger partial charge < -0.3 is 10.2 Å². The van der Waals surface area contributed by atoms with Crippen LogP contribution in [0.4, 0.5) is 0 Å². The van der Waals surface area contributed by atoms with Gasteiger partial charge in [0.05, 0.1) is 12.0 Å². The molecule has 1 aliphatic heterocycles. The van der Waals surface area contributed by atoms with Gasteiger partial charge in [-0.2, -0.15) is 0 Å². The Balaban J connectivity index is 2.04. The molecule has 0 radical (unpaired) electrons. The number of thiophene rings is 1. The molecular weight excluding hydrogens is 312 g/mol. The summed E-state index contributed by atoms with van der Waals surface area (Å²) in [6.45, 7) is 4.59. The Labute approximate surface area is 121 Å². The first-order chi connectivity index (χ1) is 8.57. The molecule has 0 bridgehead atoms. The largest absolute Gasteiger partial charge is 0.340 e. The molecule has 18 heavy (non-hydrogen) atoms. The maximum absolute atomic E-state index is 12.6. The van der Waals surface area contributed by atoms with Crippen LogP contribution in [0.25, 0.3) is 0 Å². The van der Waals surface area contributed by atoms with Gasteiger partial charge in [0, 0.05) is 28.3 Å². The van der Waals surface area contributed by atoms with Crippen LogP contribution >= 0.6 is 27.3 Å². The summed E-state index contributed by atoms with van der Waals surface area (Å²) in [5.41, 5.74) is -0.177. The van der Waals surface area contributed by atoms with E-state index in [0.29, 0.717) is 6.54 Å². The van der Waals surface area contributed by atoms with Gasteiger partial charge in [0.1, 0.15) is 0 Å². The summed E-state index contributed by atoms with van der Waals surface area (Å²) < 4.78 is 1.09. The predicted octanol–water partition coefficient (Wildman–Crippen LogP) is 2.86. The third-order valence-electron chi connectivity index (χ3n) is 3.74. The molecule has 0 aromatic carbocycles. The highest BCUT2D eigenvalue weighted by molar-refractivity contribution is 9.10. The number of halogens is 1. The van der Waals surface area contributed by atoms with Crippen LogP contribution in [0.15, 0.2) is 15.9 Å². The lowest BCUT2D eigenvalue weighted by Gasteiger charge is -2.30. The van der Waals surface area contributed by atoms with Crippen molar-refractivity contribution in [3.05, 3.63) is 20.8 Å². The van der Waals surface area contributed by atoms with Crippen molar-refractivity contribution in [2.75, 3.05) is 20.1 Å². The predicted molar refractivity (Wildman–Crippen MR) is 78.7 cm³/mol. The zero-order valence-electron chi connectivity index (χ0n) is 10.8. The summed E-state index contributed by atoms with van der Waals surface area (Å²) in [5, 5.41) is 5.37. The summed E-state index contributed by atoms with van der Waals surface area (Å²) in [6, 6.07) is 2.08. The smallest absolute Gasteiger partial charge is 0.230 e. The Morgan fingerprint density at radius 1 is 1.67 bits per heavy atom. The second kappa shape index (κ2) is 5.72. The van der Waals surface area contributed by atoms with Gasteiger partial charge in [0.15, 0.2) is 0 Å². The van der Waals surface area contributed by atoms with Gasteiger partial charge in [0.2, 0.25) is 5.91 Å². The lowest BCUT2D eigenvalue weighted by molar-refractivity contribution is -0.140. The SMILES string of the molecule is CCC1(C(=O)N(C)Cc2cc(Br)cs2)CCNC1. The normalized spacial score (nSPS) is 23.3. The molecule has 100 valence electrons. The van der Waals surface area contributed by atoms with Crippen LogP contribution in [-0.2, 0) is 11.3 Å². The van der Waals surface area contributed by atoms with E-state index in [1.807, 2.05) is 11.9 Å². The van der Waals surface area contributed by atoms with Gasteiger partial charge in [0.25, 0.3) is 0 Å². The molecule has 2 rings (SSSR count). The zero-order valence-corrected chi connectivity index (χ0v) is 13.2. The van der Waals surface area contributed by atoms with Crippen molar-refractivity contribution in [2.45, 2.75) is 26.3 Å². The molecule has 1 aromatic heterocycles. The lowest BCUT2D eigenvalue weighted by Crippen LogP contribution is -2.42. The Kier molecular flexibility index (Phi) is 4.45. The number of carbonyl (C=O) groups is 1. The minimum Gasteiger partial charge on any atom is -0.340 e. The van der Waals surface area contributed by atoms with Crippen molar-refractivity contribution in [3.63, 3.8) is 0 Å². The quantitative estimate of drug-likeness (QED) is 0.920. The number of nitrogens with zero attached hydrogens (tertiary/aromatic N) is 1. The Bertz CT molecular complexity index is 426. The number of hydrogen-bond acceptors (Lipinski definition) is 3. The molecule has 0 spiro atoms. The fourth-order valence-electron chi connectivity index (χ4n) is 2.53. The minimum absolute atomic E-state index is 0.177. The number of rotatable bonds is 4. The lowest BCUT2D eigenvalue weighted by atomic mass is 9.83. The van der Waals surface area contributed by atoms with Crippen LogP contribution in [0.3, 0.4) is 0 Å². The average molecular weight is 331 g/mol. The van der Waals surface area contributed by atoms with E-state index in [1.54, 1.807) is 11.3 Å². The topological polar surface area (TPSA) is 32.3 Å². The summed E-state index contributed by atoms with van der Waals surface area (Å²) in [7, 11) is 1.91. The van der Waals surface area contributed by atoms with Crippen molar-refractivity contribution in [1.82, 2.24) is 10.2 Å². The van der Waals surface area contributed by atoms with Crippen molar-refractivity contribution in [2.24, 2.45) is 5.41 Å². The molecule has 1 unspecified atom stereocenters. The molecule has 1 aromatic rings. The van der Waals surface area contributed by atoms with Gasteiger partial charge in [-0.1, -0.05) is 6.92 Å². The zero-order chi connectivity index (χ0) is 13.2. The number of hydrogen-bond donors (Lipinski definition) is 1. The summed E-state index contributed by atoms with van der Waals surface area (Å²) in [6.07, 6.45) is 1.87. The molecule has 1 aliphatic rings. The maximum atomic E-state index is 12.6. The molecule has 3 nitrogen and oxygen atoms in total. The van der Waals surface area contributed by atoms with Crippen LogP contribution in [0.5, 0.6) is 0 Å². The van der Waals surface area contributed by atoms with Gasteiger partial charge in [-0.25, -0.2) is 0 Å². The molecule has 1 N–H and O–H groups in total. The standard InChI is InChI=1S/C13H19BrN2OS/c1-3-13(4-5-15-9-13)12(17)16(2)7-11-6-10(14)8-18-11/h6,8,15H,3-5,7,9H2,1-2H3. The highest BCUT2D eigenvalue weighted by atomic mass is 79.9. The van der Waals surface area contributed by atoms with Crippen molar-refractivity contribution in [1.29, 1.82) is 0 Å². The molecule has 2 heterocycles. The van der Waals surface area contributed by atoms with E-state index in [4.69, 9.17) is 0 Å². The van der Waals surface area contributed by atoms with Crippen molar-refractivity contribution < 1.29 is 4.79 Å². The molecular formula is C13H19BrN2OS. The van der Waals surface area contributed by atoms with Gasteiger partial charge in [-0.3, -0.25) is 4.79 Å². The van der Waals surface area contributed by atoms with Crippen LogP contribution < -0.4 is 5.32 Å². The van der Waals surface area contributed by atoms with Crippen molar-refractivity contribution >= 4 is 33.2 Å². The monoisotopic (exact) mass is 330 g/mol. The van der Waals surface area contributed by atoms with E-state index in [0.717, 1.165) is 30.4 Å². The van der Waals surface area contributed by atoms with E-state index in [-0.39, 0.29) is 11.3 Å². The fourth-order valence-corrected chi connectivity index (χ4v) is 4.03. The third kappa shape index (κ3) is 2.78. The molecule has 1 fully saturated rings. The van der Waals surface area contributed by atoms with Gasteiger partial charge >= 0.3 is 0 Å². The van der Waals surface area contributed by atoms with E-state index < -0.39 is 0 Å². The number of carbonyl (C=O) groups excluding carboxylic acids is 1. The molecule has 0 aliphatic carbocycles. The average Bonchev–Trinajstić information content (AvgIpc) is 2.98. The van der Waals surface area contributed by atoms with Gasteiger partial charge in [-0.05, 0) is 41.4 Å². The summed E-state index contributed by atoms with van der Waals surface area (Å²) >= 11 is 5.13. The van der Waals surface area contributed by atoms with Crippen LogP contribution in [0.1, 0.15) is 24.6 Å². The molecule has 0 saturated carbocycles. The summed E-state index contributed by atoms with van der Waals surface area (Å²) in [4.78, 5) is 15.7. The van der Waals surface area contributed by atoms with Crippen molar-refractivity contribution in [3.8, 4) is 0 Å². The van der Waals surface area contributed by atoms with Gasteiger partial charge in [-0.15, -0.1) is 11.3 Å². The van der Waals surface area contributed by atoms with Crippen LogP contribution in [0.2, 0.25) is 0 Å². The first kappa shape index (κ1) is 14.0. The fraction of sp³-hybridized carbons (Fsp3) is 0.615. The van der Waals surface area contributed by atoms with Crippen LogP contribution in [-0.4, -0.2) is 30.9 Å². The van der Waals surface area contributed by atoms with E-state index in [1.165, 1.54) is 4.88 Å². The molecule has 1 saturated heterocycles. The highest BCUT2D eigenvalue weighted by Crippen LogP contribution is 2.32. The first-order valence-electron chi connectivity index (χ1n) is 6.26. The Morgan fingerprint density at radius 2 is 2.44 bits per heavy atom.